The van der Waals surface area contributed by atoms with Crippen LogP contribution in [0.4, 0.5) is 4.39 Å². The summed E-state index contributed by atoms with van der Waals surface area (Å²) >= 11 is 0. The summed E-state index contributed by atoms with van der Waals surface area (Å²) in [5.74, 6) is -0.0926. The molecule has 0 saturated carbocycles. The summed E-state index contributed by atoms with van der Waals surface area (Å²) in [7, 11) is -3.92. The van der Waals surface area contributed by atoms with Crippen molar-refractivity contribution in [2.24, 2.45) is 0 Å². The fourth-order valence-corrected chi connectivity index (χ4v) is 4.12. The molecule has 5 nitrogen and oxygen atoms in total. The van der Waals surface area contributed by atoms with Gasteiger partial charge in [0.15, 0.2) is 0 Å². The molecule has 0 aliphatic rings. The molecule has 7 heteroatoms. The summed E-state index contributed by atoms with van der Waals surface area (Å²) < 4.78 is 46.4. The molecule has 0 fully saturated rings. The zero-order valence-corrected chi connectivity index (χ0v) is 14.4. The Morgan fingerprint density at radius 1 is 1.16 bits per heavy atom. The molecule has 0 unspecified atom stereocenters. The standard InChI is InChI=1S/C18H17FN2O3S/c1-14-6-7-16(19)10-18(14)25(22,23)21(13-17-5-3-9-24-17)12-15-4-2-8-20-11-15/h2-11H,12-13H2,1H3. The number of aryl methyl sites for hydroxylation is 1. The van der Waals surface area contributed by atoms with Gasteiger partial charge in [-0.1, -0.05) is 12.1 Å². The predicted octanol–water partition coefficient (Wildman–Crippen LogP) is 3.51. The van der Waals surface area contributed by atoms with Crippen LogP contribution in [0.3, 0.4) is 0 Å². The van der Waals surface area contributed by atoms with E-state index in [4.69, 9.17) is 4.42 Å². The van der Waals surface area contributed by atoms with Gasteiger partial charge in [-0.25, -0.2) is 12.8 Å². The third-order valence-electron chi connectivity index (χ3n) is 3.76. The molecule has 0 saturated heterocycles. The Labute approximate surface area is 145 Å². The minimum Gasteiger partial charge on any atom is -0.468 e. The highest BCUT2D eigenvalue weighted by atomic mass is 32.2. The summed E-state index contributed by atoms with van der Waals surface area (Å²) in [6.45, 7) is 1.79. The zero-order chi connectivity index (χ0) is 17.9. The monoisotopic (exact) mass is 360 g/mol. The lowest BCUT2D eigenvalue weighted by molar-refractivity contribution is 0.358. The second kappa shape index (κ2) is 7.16. The van der Waals surface area contributed by atoms with Crippen molar-refractivity contribution in [1.82, 2.24) is 9.29 Å². The van der Waals surface area contributed by atoms with Crippen molar-refractivity contribution in [3.05, 3.63) is 83.8 Å². The summed E-state index contributed by atoms with van der Waals surface area (Å²) in [6.07, 6.45) is 4.70. The van der Waals surface area contributed by atoms with Crippen LogP contribution in [0.5, 0.6) is 0 Å². The van der Waals surface area contributed by atoms with E-state index in [0.29, 0.717) is 11.3 Å². The first kappa shape index (κ1) is 17.3. The molecule has 130 valence electrons. The first-order valence-electron chi connectivity index (χ1n) is 7.64. The van der Waals surface area contributed by atoms with Gasteiger partial charge in [0.2, 0.25) is 10.0 Å². The Balaban J connectivity index is 2.01. The second-order valence-electron chi connectivity index (χ2n) is 5.62. The number of nitrogens with zero attached hydrogens (tertiary/aromatic N) is 2. The molecular formula is C18H17FN2O3S. The van der Waals surface area contributed by atoms with Crippen molar-refractivity contribution >= 4 is 10.0 Å². The molecule has 0 radical (unpaired) electrons. The van der Waals surface area contributed by atoms with E-state index in [1.54, 1.807) is 43.6 Å². The van der Waals surface area contributed by atoms with Crippen LogP contribution in [0.1, 0.15) is 16.9 Å². The van der Waals surface area contributed by atoms with E-state index in [1.165, 1.54) is 22.7 Å². The highest BCUT2D eigenvalue weighted by molar-refractivity contribution is 7.89. The van der Waals surface area contributed by atoms with E-state index in [0.717, 1.165) is 11.6 Å². The van der Waals surface area contributed by atoms with Crippen LogP contribution in [-0.2, 0) is 23.1 Å². The Kier molecular flexibility index (Phi) is 4.96. The molecule has 2 aromatic heterocycles. The van der Waals surface area contributed by atoms with Gasteiger partial charge in [-0.2, -0.15) is 4.31 Å². The van der Waals surface area contributed by atoms with E-state index in [1.807, 2.05) is 0 Å². The fraction of sp³-hybridized carbons (Fsp3) is 0.167. The molecule has 0 amide bonds. The molecule has 3 rings (SSSR count). The molecule has 3 aromatic rings. The molecule has 0 spiro atoms. The largest absolute Gasteiger partial charge is 0.468 e. The van der Waals surface area contributed by atoms with Crippen molar-refractivity contribution in [3.63, 3.8) is 0 Å². The summed E-state index contributed by atoms with van der Waals surface area (Å²) in [5.41, 5.74) is 1.21. The van der Waals surface area contributed by atoms with Gasteiger partial charge in [0, 0.05) is 18.9 Å². The summed E-state index contributed by atoms with van der Waals surface area (Å²) in [5, 5.41) is 0. The number of hydrogen-bond donors (Lipinski definition) is 0. The zero-order valence-electron chi connectivity index (χ0n) is 13.6. The average Bonchev–Trinajstić information content (AvgIpc) is 3.10. The van der Waals surface area contributed by atoms with Crippen LogP contribution in [0, 0.1) is 12.7 Å². The predicted molar refractivity (Wildman–Crippen MR) is 90.5 cm³/mol. The topological polar surface area (TPSA) is 63.4 Å². The highest BCUT2D eigenvalue weighted by Crippen LogP contribution is 2.24. The number of benzene rings is 1. The lowest BCUT2D eigenvalue weighted by atomic mass is 10.2. The van der Waals surface area contributed by atoms with Gasteiger partial charge in [0.25, 0.3) is 0 Å². The van der Waals surface area contributed by atoms with E-state index in [9.17, 15) is 12.8 Å². The second-order valence-corrected chi connectivity index (χ2v) is 7.53. The van der Waals surface area contributed by atoms with Crippen molar-refractivity contribution < 1.29 is 17.2 Å². The molecular weight excluding hydrogens is 343 g/mol. The number of hydrogen-bond acceptors (Lipinski definition) is 4. The smallest absolute Gasteiger partial charge is 0.244 e. The lowest BCUT2D eigenvalue weighted by Crippen LogP contribution is -2.30. The van der Waals surface area contributed by atoms with Crippen molar-refractivity contribution in [2.75, 3.05) is 0 Å². The Morgan fingerprint density at radius 2 is 2.00 bits per heavy atom. The SMILES string of the molecule is Cc1ccc(F)cc1S(=O)(=O)N(Cc1cccnc1)Cc1ccco1. The molecule has 0 bridgehead atoms. The van der Waals surface area contributed by atoms with E-state index < -0.39 is 15.8 Å². The third-order valence-corrected chi connectivity index (χ3v) is 5.70. The van der Waals surface area contributed by atoms with Gasteiger partial charge in [-0.05, 0) is 48.4 Å². The molecule has 0 aliphatic heterocycles. The van der Waals surface area contributed by atoms with Gasteiger partial charge in [0.1, 0.15) is 11.6 Å². The number of aromatic nitrogens is 1. The van der Waals surface area contributed by atoms with Crippen molar-refractivity contribution in [1.29, 1.82) is 0 Å². The Morgan fingerprint density at radius 3 is 2.68 bits per heavy atom. The maximum Gasteiger partial charge on any atom is 0.244 e. The van der Waals surface area contributed by atoms with Gasteiger partial charge < -0.3 is 4.42 Å². The maximum absolute atomic E-state index is 13.6. The van der Waals surface area contributed by atoms with Crippen LogP contribution in [-0.4, -0.2) is 17.7 Å². The van der Waals surface area contributed by atoms with Crippen molar-refractivity contribution in [2.45, 2.75) is 24.9 Å². The van der Waals surface area contributed by atoms with Gasteiger partial charge in [-0.3, -0.25) is 4.98 Å². The van der Waals surface area contributed by atoms with Gasteiger partial charge >= 0.3 is 0 Å². The number of pyridine rings is 1. The van der Waals surface area contributed by atoms with Crippen LogP contribution < -0.4 is 0 Å². The van der Waals surface area contributed by atoms with Crippen LogP contribution in [0.25, 0.3) is 0 Å². The van der Waals surface area contributed by atoms with E-state index in [2.05, 4.69) is 4.98 Å². The Bertz CT molecular complexity index is 942. The van der Waals surface area contributed by atoms with E-state index in [-0.39, 0.29) is 18.0 Å². The molecule has 25 heavy (non-hydrogen) atoms. The average molecular weight is 360 g/mol. The number of halogens is 1. The maximum atomic E-state index is 13.6. The van der Waals surface area contributed by atoms with Gasteiger partial charge in [0.05, 0.1) is 17.7 Å². The molecule has 2 heterocycles. The highest BCUT2D eigenvalue weighted by Gasteiger charge is 2.27. The minimum atomic E-state index is -3.92. The lowest BCUT2D eigenvalue weighted by Gasteiger charge is -2.22. The molecule has 1 aromatic carbocycles. The number of furan rings is 1. The molecule has 0 atom stereocenters. The number of sulfonamides is 1. The third kappa shape index (κ3) is 3.94. The molecule has 0 aliphatic carbocycles. The normalized spacial score (nSPS) is 11.8. The number of rotatable bonds is 6. The Hall–Kier alpha value is -2.51. The van der Waals surface area contributed by atoms with Crippen LogP contribution >= 0.6 is 0 Å². The minimum absolute atomic E-state index is 0.0418. The van der Waals surface area contributed by atoms with E-state index >= 15 is 0 Å². The fourth-order valence-electron chi connectivity index (χ4n) is 2.49. The summed E-state index contributed by atoms with van der Waals surface area (Å²) in [6, 6.07) is 10.7. The van der Waals surface area contributed by atoms with Crippen LogP contribution in [0.15, 0.2) is 70.4 Å². The van der Waals surface area contributed by atoms with Crippen molar-refractivity contribution in [3.8, 4) is 0 Å². The quantitative estimate of drug-likeness (QED) is 0.675. The first-order chi connectivity index (χ1) is 12.0. The first-order valence-corrected chi connectivity index (χ1v) is 9.08. The molecule has 0 N–H and O–H groups in total. The van der Waals surface area contributed by atoms with Gasteiger partial charge in [-0.15, -0.1) is 0 Å². The summed E-state index contributed by atoms with van der Waals surface area (Å²) in [4.78, 5) is 3.96. The van der Waals surface area contributed by atoms with Crippen LogP contribution in [0.2, 0.25) is 0 Å².